The molecule has 2 aromatic rings. The predicted molar refractivity (Wildman–Crippen MR) is 74.2 cm³/mol. The standard InChI is InChI=1S/C14H10N2OS/c1-2-11-4-3-5-12(8-11)16-14(17)7-6-13-9-18-10-15-13/h1,3-10H,(H,16,17). The largest absolute Gasteiger partial charge is 0.322 e. The summed E-state index contributed by atoms with van der Waals surface area (Å²) in [4.78, 5) is 15.7. The lowest BCUT2D eigenvalue weighted by atomic mass is 10.2. The van der Waals surface area contributed by atoms with Crippen LogP contribution in [0.15, 0.2) is 41.2 Å². The molecule has 18 heavy (non-hydrogen) atoms. The van der Waals surface area contributed by atoms with Crippen LogP contribution in [-0.4, -0.2) is 10.9 Å². The van der Waals surface area contributed by atoms with Crippen LogP contribution >= 0.6 is 11.3 Å². The number of terminal acetylenes is 1. The Bertz CT molecular complexity index is 609. The molecule has 0 unspecified atom stereocenters. The number of hydrogen-bond donors (Lipinski definition) is 1. The van der Waals surface area contributed by atoms with Gasteiger partial charge >= 0.3 is 0 Å². The number of nitrogens with one attached hydrogen (secondary N) is 1. The number of amides is 1. The highest BCUT2D eigenvalue weighted by Gasteiger charge is 1.98. The lowest BCUT2D eigenvalue weighted by Crippen LogP contribution is -2.07. The van der Waals surface area contributed by atoms with Crippen LogP contribution in [0.25, 0.3) is 6.08 Å². The van der Waals surface area contributed by atoms with E-state index in [-0.39, 0.29) is 5.91 Å². The van der Waals surface area contributed by atoms with Crippen molar-refractivity contribution in [3.63, 3.8) is 0 Å². The molecule has 0 bridgehead atoms. The van der Waals surface area contributed by atoms with Gasteiger partial charge in [0.1, 0.15) is 0 Å². The number of anilines is 1. The SMILES string of the molecule is C#Cc1cccc(NC(=O)C=Cc2cscn2)c1. The summed E-state index contributed by atoms with van der Waals surface area (Å²) in [6, 6.07) is 7.14. The Kier molecular flexibility index (Phi) is 3.90. The van der Waals surface area contributed by atoms with Crippen molar-refractivity contribution in [1.29, 1.82) is 0 Å². The third-order valence-corrected chi connectivity index (χ3v) is 2.76. The third-order valence-electron chi connectivity index (χ3n) is 2.15. The Labute approximate surface area is 109 Å². The minimum absolute atomic E-state index is 0.211. The van der Waals surface area contributed by atoms with E-state index in [1.165, 1.54) is 17.4 Å². The summed E-state index contributed by atoms with van der Waals surface area (Å²) in [6.07, 6.45) is 8.39. The van der Waals surface area contributed by atoms with Crippen LogP contribution in [0.5, 0.6) is 0 Å². The Morgan fingerprint density at radius 2 is 2.39 bits per heavy atom. The molecule has 3 nitrogen and oxygen atoms in total. The topological polar surface area (TPSA) is 42.0 Å². The Morgan fingerprint density at radius 3 is 3.11 bits per heavy atom. The Hall–Kier alpha value is -2.38. The average molecular weight is 254 g/mol. The van der Waals surface area contributed by atoms with Crippen LogP contribution in [0.1, 0.15) is 11.3 Å². The highest BCUT2D eigenvalue weighted by molar-refractivity contribution is 7.07. The zero-order valence-electron chi connectivity index (χ0n) is 9.46. The van der Waals surface area contributed by atoms with E-state index in [0.29, 0.717) is 5.69 Å². The van der Waals surface area contributed by atoms with Crippen LogP contribution in [0.3, 0.4) is 0 Å². The molecule has 1 heterocycles. The molecule has 4 heteroatoms. The molecule has 0 saturated carbocycles. The van der Waals surface area contributed by atoms with Crippen molar-refractivity contribution < 1.29 is 4.79 Å². The van der Waals surface area contributed by atoms with Gasteiger partial charge in [-0.15, -0.1) is 17.8 Å². The van der Waals surface area contributed by atoms with Crippen molar-refractivity contribution in [2.45, 2.75) is 0 Å². The van der Waals surface area contributed by atoms with E-state index in [9.17, 15) is 4.79 Å². The van der Waals surface area contributed by atoms with Gasteiger partial charge in [0, 0.05) is 22.7 Å². The molecule has 1 aromatic heterocycles. The average Bonchev–Trinajstić information content (AvgIpc) is 2.90. The lowest BCUT2D eigenvalue weighted by molar-refractivity contribution is -0.111. The monoisotopic (exact) mass is 254 g/mol. The number of thiazole rings is 1. The van der Waals surface area contributed by atoms with Crippen molar-refractivity contribution in [3.05, 3.63) is 52.5 Å². The van der Waals surface area contributed by atoms with Crippen LogP contribution in [0.4, 0.5) is 5.69 Å². The van der Waals surface area contributed by atoms with Crippen LogP contribution < -0.4 is 5.32 Å². The van der Waals surface area contributed by atoms with Gasteiger partial charge in [0.2, 0.25) is 5.91 Å². The number of nitrogens with zero attached hydrogens (tertiary/aromatic N) is 1. The van der Waals surface area contributed by atoms with E-state index in [4.69, 9.17) is 6.42 Å². The fourth-order valence-electron chi connectivity index (χ4n) is 1.34. The summed E-state index contributed by atoms with van der Waals surface area (Å²) in [7, 11) is 0. The van der Waals surface area contributed by atoms with Gasteiger partial charge in [-0.3, -0.25) is 4.79 Å². The number of rotatable bonds is 3. The van der Waals surface area contributed by atoms with Gasteiger partial charge in [0.25, 0.3) is 0 Å². The molecule has 0 fully saturated rings. The number of carbonyl (C=O) groups is 1. The summed E-state index contributed by atoms with van der Waals surface area (Å²) >= 11 is 1.48. The zero-order chi connectivity index (χ0) is 12.8. The van der Waals surface area contributed by atoms with Gasteiger partial charge in [-0.05, 0) is 24.3 Å². The van der Waals surface area contributed by atoms with Crippen molar-refractivity contribution in [2.24, 2.45) is 0 Å². The first-order valence-electron chi connectivity index (χ1n) is 5.22. The lowest BCUT2D eigenvalue weighted by Gasteiger charge is -2.01. The minimum atomic E-state index is -0.211. The molecule has 1 aromatic carbocycles. The molecule has 0 atom stereocenters. The van der Waals surface area contributed by atoms with Crippen LogP contribution in [0.2, 0.25) is 0 Å². The molecule has 88 valence electrons. The van der Waals surface area contributed by atoms with Gasteiger partial charge < -0.3 is 5.32 Å². The molecule has 2 rings (SSSR count). The maximum absolute atomic E-state index is 11.6. The van der Waals surface area contributed by atoms with Gasteiger partial charge in [-0.25, -0.2) is 4.98 Å². The first-order chi connectivity index (χ1) is 8.78. The molecule has 0 aliphatic heterocycles. The maximum atomic E-state index is 11.6. The molecule has 0 spiro atoms. The van der Waals surface area contributed by atoms with Gasteiger partial charge in [0.05, 0.1) is 11.2 Å². The normalized spacial score (nSPS) is 10.2. The van der Waals surface area contributed by atoms with E-state index >= 15 is 0 Å². The molecular weight excluding hydrogens is 244 g/mol. The molecule has 0 radical (unpaired) electrons. The van der Waals surface area contributed by atoms with Crippen molar-refractivity contribution >= 4 is 29.0 Å². The highest BCUT2D eigenvalue weighted by atomic mass is 32.1. The fraction of sp³-hybridized carbons (Fsp3) is 0. The van der Waals surface area contributed by atoms with Gasteiger partial charge in [0.15, 0.2) is 0 Å². The molecular formula is C14H10N2OS. The highest BCUT2D eigenvalue weighted by Crippen LogP contribution is 2.10. The van der Waals surface area contributed by atoms with Crippen molar-refractivity contribution in [3.8, 4) is 12.3 Å². The summed E-state index contributed by atoms with van der Waals surface area (Å²) in [6.45, 7) is 0. The van der Waals surface area contributed by atoms with E-state index in [0.717, 1.165) is 11.3 Å². The van der Waals surface area contributed by atoms with Gasteiger partial charge in [-0.1, -0.05) is 12.0 Å². The second-order valence-corrected chi connectivity index (χ2v) is 4.18. The van der Waals surface area contributed by atoms with E-state index in [1.54, 1.807) is 35.9 Å². The second kappa shape index (κ2) is 5.80. The Balaban J connectivity index is 2.01. The quantitative estimate of drug-likeness (QED) is 0.676. The molecule has 0 aliphatic carbocycles. The number of carbonyl (C=O) groups excluding carboxylic acids is 1. The third kappa shape index (κ3) is 3.30. The van der Waals surface area contributed by atoms with Crippen LogP contribution in [0, 0.1) is 12.3 Å². The number of aromatic nitrogens is 1. The van der Waals surface area contributed by atoms with E-state index in [2.05, 4.69) is 16.2 Å². The van der Waals surface area contributed by atoms with Crippen molar-refractivity contribution in [1.82, 2.24) is 4.98 Å². The van der Waals surface area contributed by atoms with E-state index < -0.39 is 0 Å². The summed E-state index contributed by atoms with van der Waals surface area (Å²) in [5.74, 6) is 2.31. The summed E-state index contributed by atoms with van der Waals surface area (Å²) < 4.78 is 0. The van der Waals surface area contributed by atoms with Crippen LogP contribution in [-0.2, 0) is 4.79 Å². The first kappa shape index (κ1) is 12.1. The smallest absolute Gasteiger partial charge is 0.248 e. The first-order valence-corrected chi connectivity index (χ1v) is 6.16. The number of benzene rings is 1. The number of hydrogen-bond acceptors (Lipinski definition) is 3. The molecule has 1 amide bonds. The molecule has 1 N–H and O–H groups in total. The Morgan fingerprint density at radius 1 is 1.50 bits per heavy atom. The fourth-order valence-corrected chi connectivity index (χ4v) is 1.86. The van der Waals surface area contributed by atoms with Gasteiger partial charge in [-0.2, -0.15) is 0 Å². The van der Waals surface area contributed by atoms with E-state index in [1.807, 2.05) is 5.38 Å². The predicted octanol–water partition coefficient (Wildman–Crippen LogP) is 2.78. The summed E-state index contributed by atoms with van der Waals surface area (Å²) in [5.41, 5.74) is 3.90. The zero-order valence-corrected chi connectivity index (χ0v) is 10.3. The molecule has 0 saturated heterocycles. The second-order valence-electron chi connectivity index (χ2n) is 3.46. The van der Waals surface area contributed by atoms with Crippen molar-refractivity contribution in [2.75, 3.05) is 5.32 Å². The maximum Gasteiger partial charge on any atom is 0.248 e. The summed E-state index contributed by atoms with van der Waals surface area (Å²) in [5, 5.41) is 4.60. The minimum Gasteiger partial charge on any atom is -0.322 e. The molecule has 0 aliphatic rings.